The van der Waals surface area contributed by atoms with E-state index in [1.807, 2.05) is 14.1 Å². The molecule has 5 rings (SSSR count). The Bertz CT molecular complexity index is 1630. The minimum atomic E-state index is -4.52. The van der Waals surface area contributed by atoms with Gasteiger partial charge in [-0.25, -0.2) is 9.98 Å². The fraction of sp³-hybridized carbons (Fsp3) is 0.357. The van der Waals surface area contributed by atoms with Gasteiger partial charge in [0.05, 0.1) is 18.0 Å². The molecule has 1 saturated heterocycles. The number of rotatable bonds is 8. The van der Waals surface area contributed by atoms with E-state index >= 15 is 0 Å². The van der Waals surface area contributed by atoms with Crippen LogP contribution in [0.5, 0.6) is 5.75 Å². The number of fused-ring (bicyclic) bond motifs is 1. The lowest BCUT2D eigenvalue weighted by Crippen LogP contribution is -2.31. The molecule has 43 heavy (non-hydrogen) atoms. The van der Waals surface area contributed by atoms with Gasteiger partial charge in [0, 0.05) is 57.9 Å². The van der Waals surface area contributed by atoms with Crippen molar-refractivity contribution < 1.29 is 17.9 Å². The van der Waals surface area contributed by atoms with Gasteiger partial charge in [0.25, 0.3) is 0 Å². The van der Waals surface area contributed by atoms with Gasteiger partial charge in [0.1, 0.15) is 16.2 Å². The first-order valence-electron chi connectivity index (χ1n) is 13.5. The van der Waals surface area contributed by atoms with Gasteiger partial charge in [0.15, 0.2) is 23.0 Å². The first kappa shape index (κ1) is 30.3. The predicted octanol–water partition coefficient (Wildman–Crippen LogP) is 4.45. The minimum Gasteiger partial charge on any atom is -0.450 e. The zero-order chi connectivity index (χ0) is 30.9. The predicted molar refractivity (Wildman–Crippen MR) is 161 cm³/mol. The number of imidazole rings is 1. The van der Waals surface area contributed by atoms with Crippen LogP contribution in [-0.2, 0) is 19.8 Å². The molecule has 2 aliphatic heterocycles. The van der Waals surface area contributed by atoms with Crippen LogP contribution in [0.25, 0.3) is 11.2 Å². The number of amidine groups is 1. The summed E-state index contributed by atoms with van der Waals surface area (Å²) in [5.74, 6) is 0.993. The molecule has 1 aromatic carbocycles. The number of alkyl halides is 3. The van der Waals surface area contributed by atoms with E-state index in [-0.39, 0.29) is 33.8 Å². The molecule has 0 bridgehead atoms. The molecule has 2 aromatic heterocycles. The largest absolute Gasteiger partial charge is 0.450 e. The first-order valence-corrected chi connectivity index (χ1v) is 13.8. The lowest BCUT2D eigenvalue weighted by Gasteiger charge is -2.21. The number of aromatic nitrogens is 3. The number of benzene rings is 1. The highest BCUT2D eigenvalue weighted by atomic mass is 35.5. The van der Waals surface area contributed by atoms with E-state index in [0.717, 1.165) is 31.8 Å². The van der Waals surface area contributed by atoms with Gasteiger partial charge in [0.2, 0.25) is 5.95 Å². The third-order valence-corrected chi connectivity index (χ3v) is 7.71. The van der Waals surface area contributed by atoms with Gasteiger partial charge in [-0.3, -0.25) is 4.90 Å². The van der Waals surface area contributed by atoms with E-state index in [1.165, 1.54) is 12.3 Å². The molecule has 15 heteroatoms. The first-order chi connectivity index (χ1) is 20.5. The summed E-state index contributed by atoms with van der Waals surface area (Å²) in [5.41, 5.74) is 1.13. The minimum absolute atomic E-state index is 0.132. The van der Waals surface area contributed by atoms with E-state index in [9.17, 15) is 13.2 Å². The highest BCUT2D eigenvalue weighted by molar-refractivity contribution is 6.36. The molecule has 0 spiro atoms. The third kappa shape index (κ3) is 6.45. The summed E-state index contributed by atoms with van der Waals surface area (Å²) >= 11 is 6.72. The summed E-state index contributed by atoms with van der Waals surface area (Å²) in [6, 6.07) is 4.33. The number of halogens is 4. The molecule has 0 radical (unpaired) electrons. The number of anilines is 2. The SMILES string of the molecule is CNC1=NC=CN/C1=C(\C=N)Oc1cnc2nc(Nc3cc(CN4CC[C@@H](N(C)C)C4)cc(C(F)(F)F)c3)n(C)c2c1Cl. The average molecular weight is 617 g/mol. The molecule has 1 fully saturated rings. The second-order valence-electron chi connectivity index (χ2n) is 10.5. The number of hydrogen-bond acceptors (Lipinski definition) is 10. The summed E-state index contributed by atoms with van der Waals surface area (Å²) < 4.78 is 49.2. The summed E-state index contributed by atoms with van der Waals surface area (Å²) in [6.45, 7) is 2.00. The Hall–Kier alpha value is -4.14. The number of ether oxygens (including phenoxy) is 1. The van der Waals surface area contributed by atoms with E-state index in [1.54, 1.807) is 37.1 Å². The van der Waals surface area contributed by atoms with Crippen LogP contribution in [0.2, 0.25) is 5.02 Å². The maximum absolute atomic E-state index is 13.9. The molecule has 11 nitrogen and oxygen atoms in total. The standard InChI is InChI=1S/C28H32ClF3N10O/c1-34-25-23(35-6-7-36-25)20(12-33)43-21-13-37-26-24(22(21)29)41(4)27(39-26)38-18-10-16(9-17(11-18)28(30,31)32)14-42-8-5-19(15-42)40(2)3/h6-7,9-13,19,33,35H,5,8,14-15H2,1-4H3,(H,34,36)(H,37,38,39)/b23-20+,33-12?/t19-/m1/s1. The van der Waals surface area contributed by atoms with Gasteiger partial charge in [-0.15, -0.1) is 0 Å². The van der Waals surface area contributed by atoms with Crippen molar-refractivity contribution >= 4 is 46.5 Å². The molecule has 0 saturated carbocycles. The molecule has 0 aliphatic carbocycles. The topological polar surface area (TPSA) is 119 Å². The van der Waals surface area contributed by atoms with Crippen LogP contribution in [0.4, 0.5) is 24.8 Å². The van der Waals surface area contributed by atoms with Crippen LogP contribution in [-0.4, -0.2) is 76.7 Å². The van der Waals surface area contributed by atoms with Crippen LogP contribution in [0, 0.1) is 5.41 Å². The van der Waals surface area contributed by atoms with Crippen LogP contribution in [0.1, 0.15) is 17.5 Å². The number of aliphatic imine (C=N–C) groups is 1. The summed E-state index contributed by atoms with van der Waals surface area (Å²) in [7, 11) is 7.38. The third-order valence-electron chi connectivity index (χ3n) is 7.34. The summed E-state index contributed by atoms with van der Waals surface area (Å²) in [4.78, 5) is 17.3. The lowest BCUT2D eigenvalue weighted by molar-refractivity contribution is -0.137. The molecule has 0 amide bonds. The lowest BCUT2D eigenvalue weighted by atomic mass is 10.1. The Morgan fingerprint density at radius 1 is 1.30 bits per heavy atom. The molecule has 4 heterocycles. The maximum Gasteiger partial charge on any atom is 0.416 e. The maximum atomic E-state index is 13.9. The average Bonchev–Trinajstić information content (AvgIpc) is 3.57. The van der Waals surface area contributed by atoms with Crippen molar-refractivity contribution in [1.82, 2.24) is 35.0 Å². The molecule has 3 aromatic rings. The molecular weight excluding hydrogens is 585 g/mol. The number of nitrogens with zero attached hydrogens (tertiary/aromatic N) is 6. The van der Waals surface area contributed by atoms with Crippen molar-refractivity contribution in [1.29, 1.82) is 5.41 Å². The number of allylic oxidation sites excluding steroid dienone is 1. The van der Waals surface area contributed by atoms with Crippen molar-refractivity contribution in [2.45, 2.75) is 25.2 Å². The van der Waals surface area contributed by atoms with Gasteiger partial charge >= 0.3 is 6.18 Å². The van der Waals surface area contributed by atoms with E-state index < -0.39 is 11.7 Å². The highest BCUT2D eigenvalue weighted by Gasteiger charge is 2.32. The van der Waals surface area contributed by atoms with Crippen molar-refractivity contribution in [2.24, 2.45) is 12.0 Å². The normalized spacial score (nSPS) is 18.5. The van der Waals surface area contributed by atoms with Crippen LogP contribution >= 0.6 is 11.6 Å². The summed E-state index contributed by atoms with van der Waals surface area (Å²) in [6.07, 6.45) is 1.98. The van der Waals surface area contributed by atoms with Crippen LogP contribution in [0.3, 0.4) is 0 Å². The van der Waals surface area contributed by atoms with Crippen molar-refractivity contribution in [3.05, 3.63) is 64.4 Å². The monoisotopic (exact) mass is 616 g/mol. The highest BCUT2D eigenvalue weighted by Crippen LogP contribution is 2.36. The van der Waals surface area contributed by atoms with Gasteiger partial charge < -0.3 is 35.6 Å². The van der Waals surface area contributed by atoms with Gasteiger partial charge in [-0.1, -0.05) is 11.6 Å². The quantitative estimate of drug-likeness (QED) is 0.217. The van der Waals surface area contributed by atoms with Gasteiger partial charge in [-0.2, -0.15) is 18.2 Å². The van der Waals surface area contributed by atoms with E-state index in [4.69, 9.17) is 21.7 Å². The smallest absolute Gasteiger partial charge is 0.416 e. The number of hydrogen-bond donors (Lipinski definition) is 4. The number of likely N-dealkylation sites (N-methyl/N-ethyl adjacent to an activating group) is 2. The van der Waals surface area contributed by atoms with Crippen LogP contribution < -0.4 is 20.7 Å². The number of nitrogens with one attached hydrogen (secondary N) is 4. The number of pyridine rings is 1. The van der Waals surface area contributed by atoms with Crippen molar-refractivity contribution in [2.75, 3.05) is 39.5 Å². The Kier molecular flexibility index (Phi) is 8.62. The Balaban J connectivity index is 1.44. The van der Waals surface area contributed by atoms with Crippen molar-refractivity contribution in [3.63, 3.8) is 0 Å². The Morgan fingerprint density at radius 2 is 2.09 bits per heavy atom. The zero-order valence-electron chi connectivity index (χ0n) is 24.1. The second kappa shape index (κ2) is 12.2. The molecule has 228 valence electrons. The van der Waals surface area contributed by atoms with Crippen molar-refractivity contribution in [3.8, 4) is 5.75 Å². The fourth-order valence-electron chi connectivity index (χ4n) is 5.09. The zero-order valence-corrected chi connectivity index (χ0v) is 24.8. The molecular formula is C28H32ClF3N10O. The molecule has 1 atom stereocenters. The van der Waals surface area contributed by atoms with E-state index in [2.05, 4.69) is 40.7 Å². The van der Waals surface area contributed by atoms with Gasteiger partial charge in [-0.05, 0) is 44.3 Å². The van der Waals surface area contributed by atoms with E-state index in [0.29, 0.717) is 35.2 Å². The molecule has 4 N–H and O–H groups in total. The Labute approximate surface area is 251 Å². The fourth-order valence-corrected chi connectivity index (χ4v) is 5.39. The Morgan fingerprint density at radius 3 is 2.77 bits per heavy atom. The number of aryl methyl sites for hydroxylation is 1. The number of likely N-dealkylation sites (tertiary alicyclic amines) is 1. The van der Waals surface area contributed by atoms with Crippen LogP contribution in [0.15, 0.2) is 53.2 Å². The second-order valence-corrected chi connectivity index (χ2v) is 10.8. The summed E-state index contributed by atoms with van der Waals surface area (Å²) in [5, 5.41) is 17.0. The molecule has 2 aliphatic rings. The molecule has 0 unspecified atom stereocenters.